The maximum absolute atomic E-state index is 5.58. The lowest BCUT2D eigenvalue weighted by molar-refractivity contribution is 0.490. The molecule has 4 nitrogen and oxygen atoms in total. The molecule has 0 atom stereocenters. The molecule has 0 amide bonds. The Balaban J connectivity index is 3.15. The van der Waals surface area contributed by atoms with Gasteiger partial charge in [-0.3, -0.25) is 0 Å². The van der Waals surface area contributed by atoms with E-state index in [1.54, 1.807) is 6.07 Å². The highest BCUT2D eigenvalue weighted by Gasteiger charge is 2.20. The third kappa shape index (κ3) is 2.08. The molecule has 0 radical (unpaired) electrons. The summed E-state index contributed by atoms with van der Waals surface area (Å²) in [7, 11) is 0. The SMILES string of the molecule is CCC(C)(C)c1cc(N)nc(N)n1. The lowest BCUT2D eigenvalue weighted by Crippen LogP contribution is -2.19. The fourth-order valence-electron chi connectivity index (χ4n) is 1.01. The zero-order valence-electron chi connectivity index (χ0n) is 8.33. The summed E-state index contributed by atoms with van der Waals surface area (Å²) >= 11 is 0. The van der Waals surface area contributed by atoms with E-state index in [0.29, 0.717) is 5.82 Å². The average Bonchev–Trinajstić information content (AvgIpc) is 2.02. The highest BCUT2D eigenvalue weighted by atomic mass is 15.0. The van der Waals surface area contributed by atoms with Crippen LogP contribution in [0.3, 0.4) is 0 Å². The van der Waals surface area contributed by atoms with Crippen LogP contribution in [0.4, 0.5) is 11.8 Å². The van der Waals surface area contributed by atoms with Gasteiger partial charge in [0, 0.05) is 11.5 Å². The predicted molar refractivity (Wildman–Crippen MR) is 54.2 cm³/mol. The standard InChI is InChI=1S/C9H16N4/c1-4-9(2,3)6-5-7(10)13-8(11)12-6/h5H,4H2,1-3H3,(H4,10,11,12,13). The fourth-order valence-corrected chi connectivity index (χ4v) is 1.01. The summed E-state index contributed by atoms with van der Waals surface area (Å²) in [5.41, 5.74) is 12.0. The first kappa shape index (κ1) is 9.77. The fraction of sp³-hybridized carbons (Fsp3) is 0.556. The molecule has 0 fully saturated rings. The number of nitrogens with two attached hydrogens (primary N) is 2. The Kier molecular flexibility index (Phi) is 2.40. The highest BCUT2D eigenvalue weighted by Crippen LogP contribution is 2.25. The van der Waals surface area contributed by atoms with E-state index in [2.05, 4.69) is 30.7 Å². The summed E-state index contributed by atoms with van der Waals surface area (Å²) in [6, 6.07) is 1.78. The van der Waals surface area contributed by atoms with E-state index >= 15 is 0 Å². The van der Waals surface area contributed by atoms with Crippen LogP contribution in [0.2, 0.25) is 0 Å². The maximum atomic E-state index is 5.58. The summed E-state index contributed by atoms with van der Waals surface area (Å²) in [4.78, 5) is 7.99. The monoisotopic (exact) mass is 180 g/mol. The lowest BCUT2D eigenvalue weighted by atomic mass is 9.86. The van der Waals surface area contributed by atoms with Crippen LogP contribution < -0.4 is 11.5 Å². The molecule has 13 heavy (non-hydrogen) atoms. The minimum Gasteiger partial charge on any atom is -0.384 e. The molecule has 0 aliphatic carbocycles. The molecule has 1 aromatic rings. The Labute approximate surface area is 78.4 Å². The van der Waals surface area contributed by atoms with Crippen molar-refractivity contribution in [3.8, 4) is 0 Å². The van der Waals surface area contributed by atoms with Crippen LogP contribution in [0.5, 0.6) is 0 Å². The van der Waals surface area contributed by atoms with Gasteiger partial charge in [-0.05, 0) is 6.42 Å². The third-order valence-electron chi connectivity index (χ3n) is 2.34. The molecule has 0 aliphatic heterocycles. The molecule has 1 heterocycles. The first-order valence-electron chi connectivity index (χ1n) is 4.36. The van der Waals surface area contributed by atoms with Crippen molar-refractivity contribution < 1.29 is 0 Å². The molecule has 0 aliphatic rings. The van der Waals surface area contributed by atoms with Crippen molar-refractivity contribution in [1.29, 1.82) is 0 Å². The summed E-state index contributed by atoms with van der Waals surface area (Å²) < 4.78 is 0. The molecular formula is C9H16N4. The highest BCUT2D eigenvalue weighted by molar-refractivity contribution is 5.38. The van der Waals surface area contributed by atoms with Crippen LogP contribution in [0.15, 0.2) is 6.07 Å². The van der Waals surface area contributed by atoms with Gasteiger partial charge in [0.15, 0.2) is 0 Å². The normalized spacial score (nSPS) is 11.6. The number of nitrogens with zero attached hydrogens (tertiary/aromatic N) is 2. The van der Waals surface area contributed by atoms with Crippen LogP contribution in [0.1, 0.15) is 32.9 Å². The van der Waals surface area contributed by atoms with Gasteiger partial charge in [-0.1, -0.05) is 20.8 Å². The van der Waals surface area contributed by atoms with E-state index in [0.717, 1.165) is 12.1 Å². The van der Waals surface area contributed by atoms with Crippen LogP contribution >= 0.6 is 0 Å². The molecule has 4 N–H and O–H groups in total. The van der Waals surface area contributed by atoms with Crippen molar-refractivity contribution in [1.82, 2.24) is 9.97 Å². The number of hydrogen-bond acceptors (Lipinski definition) is 4. The molecular weight excluding hydrogens is 164 g/mol. The summed E-state index contributed by atoms with van der Waals surface area (Å²) in [5.74, 6) is 0.681. The second kappa shape index (κ2) is 3.20. The average molecular weight is 180 g/mol. The van der Waals surface area contributed by atoms with Crippen molar-refractivity contribution in [2.45, 2.75) is 32.6 Å². The van der Waals surface area contributed by atoms with Gasteiger partial charge in [0.05, 0.1) is 5.69 Å². The van der Waals surface area contributed by atoms with Crippen molar-refractivity contribution in [3.63, 3.8) is 0 Å². The van der Waals surface area contributed by atoms with Gasteiger partial charge in [0.2, 0.25) is 5.95 Å². The first-order chi connectivity index (χ1) is 5.95. The minimum absolute atomic E-state index is 0.00514. The molecule has 0 bridgehead atoms. The number of aromatic nitrogens is 2. The Morgan fingerprint density at radius 3 is 2.38 bits per heavy atom. The van der Waals surface area contributed by atoms with Crippen molar-refractivity contribution in [2.24, 2.45) is 0 Å². The maximum Gasteiger partial charge on any atom is 0.222 e. The van der Waals surface area contributed by atoms with Gasteiger partial charge in [-0.25, -0.2) is 4.98 Å². The Morgan fingerprint density at radius 1 is 1.31 bits per heavy atom. The van der Waals surface area contributed by atoms with Gasteiger partial charge in [-0.2, -0.15) is 4.98 Å². The van der Waals surface area contributed by atoms with Crippen LogP contribution in [0.25, 0.3) is 0 Å². The van der Waals surface area contributed by atoms with Gasteiger partial charge in [0.1, 0.15) is 5.82 Å². The van der Waals surface area contributed by atoms with Crippen LogP contribution in [-0.2, 0) is 5.41 Å². The van der Waals surface area contributed by atoms with Gasteiger partial charge >= 0.3 is 0 Å². The molecule has 0 spiro atoms. The Bertz CT molecular complexity index is 286. The zero-order valence-corrected chi connectivity index (χ0v) is 8.33. The Hall–Kier alpha value is -1.32. The second-order valence-electron chi connectivity index (χ2n) is 3.77. The molecule has 0 saturated carbocycles. The van der Waals surface area contributed by atoms with Gasteiger partial charge in [-0.15, -0.1) is 0 Å². The molecule has 0 aromatic carbocycles. The molecule has 0 saturated heterocycles. The lowest BCUT2D eigenvalue weighted by Gasteiger charge is -2.21. The zero-order chi connectivity index (χ0) is 10.1. The molecule has 0 unspecified atom stereocenters. The van der Waals surface area contributed by atoms with E-state index in [1.807, 2.05) is 0 Å². The van der Waals surface area contributed by atoms with Crippen molar-refractivity contribution in [2.75, 3.05) is 11.5 Å². The summed E-state index contributed by atoms with van der Waals surface area (Å²) in [5, 5.41) is 0. The summed E-state index contributed by atoms with van der Waals surface area (Å²) in [6.45, 7) is 6.32. The van der Waals surface area contributed by atoms with E-state index in [9.17, 15) is 0 Å². The predicted octanol–water partition coefficient (Wildman–Crippen LogP) is 1.33. The number of rotatable bonds is 2. The first-order valence-corrected chi connectivity index (χ1v) is 4.36. The quantitative estimate of drug-likeness (QED) is 0.719. The Morgan fingerprint density at radius 2 is 1.92 bits per heavy atom. The van der Waals surface area contributed by atoms with Crippen LogP contribution in [-0.4, -0.2) is 9.97 Å². The summed E-state index contributed by atoms with van der Waals surface area (Å²) in [6.07, 6.45) is 0.989. The van der Waals surface area contributed by atoms with Gasteiger partial charge < -0.3 is 11.5 Å². The molecule has 1 aromatic heterocycles. The smallest absolute Gasteiger partial charge is 0.222 e. The molecule has 4 heteroatoms. The molecule has 1 rings (SSSR count). The van der Waals surface area contributed by atoms with E-state index in [4.69, 9.17) is 11.5 Å². The topological polar surface area (TPSA) is 77.8 Å². The minimum atomic E-state index is 0.00514. The third-order valence-corrected chi connectivity index (χ3v) is 2.34. The largest absolute Gasteiger partial charge is 0.384 e. The van der Waals surface area contributed by atoms with E-state index < -0.39 is 0 Å². The van der Waals surface area contributed by atoms with E-state index in [-0.39, 0.29) is 11.4 Å². The van der Waals surface area contributed by atoms with E-state index in [1.165, 1.54) is 0 Å². The molecule has 72 valence electrons. The number of nitrogen functional groups attached to an aromatic ring is 2. The second-order valence-corrected chi connectivity index (χ2v) is 3.77. The van der Waals surface area contributed by atoms with Crippen LogP contribution in [0, 0.1) is 0 Å². The number of anilines is 2. The van der Waals surface area contributed by atoms with Crippen molar-refractivity contribution in [3.05, 3.63) is 11.8 Å². The van der Waals surface area contributed by atoms with Gasteiger partial charge in [0.25, 0.3) is 0 Å². The number of hydrogen-bond donors (Lipinski definition) is 2. The van der Waals surface area contributed by atoms with Crippen molar-refractivity contribution >= 4 is 11.8 Å².